The van der Waals surface area contributed by atoms with Crippen molar-refractivity contribution in [1.29, 1.82) is 0 Å². The Labute approximate surface area is 125 Å². The normalized spacial score (nSPS) is 10.7. The molecule has 2 aromatic rings. The smallest absolute Gasteiger partial charge is 0.362 e. The van der Waals surface area contributed by atoms with Gasteiger partial charge in [-0.05, 0) is 18.9 Å². The summed E-state index contributed by atoms with van der Waals surface area (Å²) in [6.07, 6.45) is 1.46. The molecule has 1 amide bonds. The first-order valence-electron chi connectivity index (χ1n) is 6.42. The van der Waals surface area contributed by atoms with Crippen molar-refractivity contribution in [2.24, 2.45) is 0 Å². The van der Waals surface area contributed by atoms with Crippen LogP contribution in [0.2, 0.25) is 0 Å². The third-order valence-electron chi connectivity index (χ3n) is 2.71. The van der Waals surface area contributed by atoms with Crippen LogP contribution in [0, 0.1) is 0 Å². The fourth-order valence-corrected chi connectivity index (χ4v) is 2.28. The number of nitrogens with one attached hydrogen (secondary N) is 1. The van der Waals surface area contributed by atoms with Crippen molar-refractivity contribution in [3.63, 3.8) is 0 Å². The van der Waals surface area contributed by atoms with Crippen LogP contribution < -0.4 is 5.32 Å². The molecule has 2 heterocycles. The molecule has 0 radical (unpaired) electrons. The zero-order valence-electron chi connectivity index (χ0n) is 11.9. The molecular weight excluding hydrogens is 294 g/mol. The minimum Gasteiger partial charge on any atom is -0.461 e. The van der Waals surface area contributed by atoms with Gasteiger partial charge in [-0.2, -0.15) is 0 Å². The molecule has 0 unspecified atom stereocenters. The molecule has 112 valence electrons. The Morgan fingerprint density at radius 2 is 2.24 bits per heavy atom. The van der Waals surface area contributed by atoms with Gasteiger partial charge in [0, 0.05) is 17.1 Å². The van der Waals surface area contributed by atoms with Crippen molar-refractivity contribution in [3.8, 4) is 0 Å². The number of hydrogen-bond donors (Lipinski definition) is 1. The lowest BCUT2D eigenvalue weighted by molar-refractivity contribution is 0.0520. The number of esters is 1. The van der Waals surface area contributed by atoms with E-state index in [1.807, 2.05) is 13.8 Å². The summed E-state index contributed by atoms with van der Waals surface area (Å²) < 4.78 is 13.7. The quantitative estimate of drug-likeness (QED) is 0.853. The molecule has 2 aromatic heterocycles. The minimum absolute atomic E-state index is 0.00662. The van der Waals surface area contributed by atoms with Gasteiger partial charge < -0.3 is 14.5 Å². The maximum absolute atomic E-state index is 12.2. The highest BCUT2D eigenvalue weighted by Crippen LogP contribution is 2.24. The number of aromatic nitrogens is 2. The highest BCUT2D eigenvalue weighted by Gasteiger charge is 2.23. The molecule has 0 bridgehead atoms. The second-order valence-electron chi connectivity index (χ2n) is 4.49. The van der Waals surface area contributed by atoms with Crippen LogP contribution in [-0.4, -0.2) is 28.1 Å². The van der Waals surface area contributed by atoms with E-state index in [1.54, 1.807) is 13.0 Å². The number of anilines is 1. The van der Waals surface area contributed by atoms with Crippen LogP contribution in [0.3, 0.4) is 0 Å². The van der Waals surface area contributed by atoms with Crippen LogP contribution in [0.1, 0.15) is 53.3 Å². The van der Waals surface area contributed by atoms with Crippen molar-refractivity contribution in [2.45, 2.75) is 26.7 Å². The zero-order valence-corrected chi connectivity index (χ0v) is 12.7. The van der Waals surface area contributed by atoms with E-state index in [0.717, 1.165) is 17.1 Å². The Hall–Kier alpha value is -2.22. The summed E-state index contributed by atoms with van der Waals surface area (Å²) in [6, 6.07) is 1.75. The molecule has 0 saturated carbocycles. The SMILES string of the molecule is CCOC(=O)c1nnsc1NC(=O)c1occc1C(C)C. The molecule has 7 nitrogen and oxygen atoms in total. The molecule has 21 heavy (non-hydrogen) atoms. The van der Waals surface area contributed by atoms with Gasteiger partial charge in [-0.25, -0.2) is 4.79 Å². The highest BCUT2D eigenvalue weighted by molar-refractivity contribution is 7.10. The molecule has 8 heteroatoms. The monoisotopic (exact) mass is 309 g/mol. The van der Waals surface area contributed by atoms with E-state index >= 15 is 0 Å². The molecular formula is C13H15N3O4S. The standard InChI is InChI=1S/C13H15N3O4S/c1-4-19-13(18)9-12(21-16-15-9)14-11(17)10-8(7(2)3)5-6-20-10/h5-7H,4H2,1-3H3,(H,14,17). The second kappa shape index (κ2) is 6.49. The summed E-state index contributed by atoms with van der Waals surface area (Å²) >= 11 is 0.908. The molecule has 0 fully saturated rings. The van der Waals surface area contributed by atoms with Crippen LogP contribution in [0.5, 0.6) is 0 Å². The fourth-order valence-electron chi connectivity index (χ4n) is 1.72. The van der Waals surface area contributed by atoms with Crippen molar-refractivity contribution in [2.75, 3.05) is 11.9 Å². The van der Waals surface area contributed by atoms with E-state index in [2.05, 4.69) is 14.9 Å². The van der Waals surface area contributed by atoms with E-state index < -0.39 is 11.9 Å². The molecule has 0 spiro atoms. The van der Waals surface area contributed by atoms with Gasteiger partial charge in [0.15, 0.2) is 10.8 Å². The first-order chi connectivity index (χ1) is 10.0. The summed E-state index contributed by atoms with van der Waals surface area (Å²) in [5.41, 5.74) is 0.788. The third kappa shape index (κ3) is 3.27. The van der Waals surface area contributed by atoms with Gasteiger partial charge in [-0.3, -0.25) is 4.79 Å². The van der Waals surface area contributed by atoms with Gasteiger partial charge in [-0.15, -0.1) is 5.10 Å². The van der Waals surface area contributed by atoms with Crippen molar-refractivity contribution in [1.82, 2.24) is 9.59 Å². The van der Waals surface area contributed by atoms with Crippen molar-refractivity contribution < 1.29 is 18.7 Å². The number of ether oxygens (including phenoxy) is 1. The van der Waals surface area contributed by atoms with Crippen LogP contribution in [0.25, 0.3) is 0 Å². The Balaban J connectivity index is 2.19. The van der Waals surface area contributed by atoms with Gasteiger partial charge >= 0.3 is 5.97 Å². The van der Waals surface area contributed by atoms with E-state index in [9.17, 15) is 9.59 Å². The zero-order chi connectivity index (χ0) is 15.4. The Morgan fingerprint density at radius 1 is 1.48 bits per heavy atom. The first-order valence-corrected chi connectivity index (χ1v) is 7.20. The highest BCUT2D eigenvalue weighted by atomic mass is 32.1. The van der Waals surface area contributed by atoms with Crippen LogP contribution in [0.15, 0.2) is 16.7 Å². The van der Waals surface area contributed by atoms with Gasteiger partial charge in [0.05, 0.1) is 12.9 Å². The number of nitrogens with zero attached hydrogens (tertiary/aromatic N) is 2. The second-order valence-corrected chi connectivity index (χ2v) is 5.24. The summed E-state index contributed by atoms with van der Waals surface area (Å²) in [5.74, 6) is -0.702. The maximum Gasteiger partial charge on any atom is 0.362 e. The Bertz CT molecular complexity index is 647. The van der Waals surface area contributed by atoms with Gasteiger partial charge in [-0.1, -0.05) is 18.3 Å². The third-order valence-corrected chi connectivity index (χ3v) is 3.35. The number of amides is 1. The van der Waals surface area contributed by atoms with Crippen LogP contribution >= 0.6 is 11.5 Å². The predicted molar refractivity (Wildman–Crippen MR) is 76.6 cm³/mol. The molecule has 0 aromatic carbocycles. The first kappa shape index (κ1) is 15.2. The number of carbonyl (C=O) groups excluding carboxylic acids is 2. The Kier molecular flexibility index (Phi) is 4.69. The summed E-state index contributed by atoms with van der Waals surface area (Å²) in [4.78, 5) is 23.9. The number of hydrogen-bond acceptors (Lipinski definition) is 7. The Morgan fingerprint density at radius 3 is 2.90 bits per heavy atom. The number of carbonyl (C=O) groups is 2. The lowest BCUT2D eigenvalue weighted by atomic mass is 10.0. The van der Waals surface area contributed by atoms with Gasteiger partial charge in [0.25, 0.3) is 5.91 Å². The summed E-state index contributed by atoms with van der Waals surface area (Å²) in [6.45, 7) is 5.83. The molecule has 0 aliphatic carbocycles. The number of furan rings is 1. The van der Waals surface area contributed by atoms with Crippen molar-refractivity contribution >= 4 is 28.4 Å². The topological polar surface area (TPSA) is 94.3 Å². The average molecular weight is 309 g/mol. The molecule has 0 saturated heterocycles. The van der Waals surface area contributed by atoms with E-state index in [1.165, 1.54) is 6.26 Å². The molecule has 2 rings (SSSR count). The lowest BCUT2D eigenvalue weighted by Crippen LogP contribution is -2.15. The van der Waals surface area contributed by atoms with Crippen molar-refractivity contribution in [3.05, 3.63) is 29.3 Å². The molecule has 0 atom stereocenters. The maximum atomic E-state index is 12.2. The minimum atomic E-state index is -0.620. The summed E-state index contributed by atoms with van der Waals surface area (Å²) in [5, 5.41) is 6.50. The summed E-state index contributed by atoms with van der Waals surface area (Å²) in [7, 11) is 0. The largest absolute Gasteiger partial charge is 0.461 e. The lowest BCUT2D eigenvalue weighted by Gasteiger charge is -2.06. The van der Waals surface area contributed by atoms with Crippen LogP contribution in [0.4, 0.5) is 5.00 Å². The molecule has 0 aliphatic rings. The van der Waals surface area contributed by atoms with E-state index in [4.69, 9.17) is 9.15 Å². The van der Waals surface area contributed by atoms with Gasteiger partial charge in [0.2, 0.25) is 5.69 Å². The number of rotatable bonds is 5. The van der Waals surface area contributed by atoms with Crippen LogP contribution in [-0.2, 0) is 4.74 Å². The molecule has 0 aliphatic heterocycles. The van der Waals surface area contributed by atoms with E-state index in [-0.39, 0.29) is 29.0 Å². The average Bonchev–Trinajstić information content (AvgIpc) is 3.07. The fraction of sp³-hybridized carbons (Fsp3) is 0.385. The van der Waals surface area contributed by atoms with E-state index in [0.29, 0.717) is 0 Å². The predicted octanol–water partition coefficient (Wildman–Crippen LogP) is 2.68. The molecule has 1 N–H and O–H groups in total. The van der Waals surface area contributed by atoms with Gasteiger partial charge in [0.1, 0.15) is 0 Å².